The first-order chi connectivity index (χ1) is 17.1. The molecule has 0 radical (unpaired) electrons. The van der Waals surface area contributed by atoms with Crippen molar-refractivity contribution in [3.8, 4) is 5.75 Å². The van der Waals surface area contributed by atoms with Crippen LogP contribution in [0.25, 0.3) is 0 Å². The highest BCUT2D eigenvalue weighted by Crippen LogP contribution is 2.48. The average molecular weight is 484 g/mol. The molecule has 0 aliphatic carbocycles. The predicted molar refractivity (Wildman–Crippen MR) is 142 cm³/mol. The van der Waals surface area contributed by atoms with Gasteiger partial charge in [0.2, 0.25) is 0 Å². The molecule has 0 fully saturated rings. The van der Waals surface area contributed by atoms with Gasteiger partial charge in [0.15, 0.2) is 0 Å². The summed E-state index contributed by atoms with van der Waals surface area (Å²) in [5.41, 5.74) is 10.6. The van der Waals surface area contributed by atoms with Crippen molar-refractivity contribution in [3.05, 3.63) is 138 Å². The summed E-state index contributed by atoms with van der Waals surface area (Å²) in [4.78, 5) is 12.8. The van der Waals surface area contributed by atoms with Crippen LogP contribution in [-0.2, 0) is 20.9 Å². The summed E-state index contributed by atoms with van der Waals surface area (Å²) in [5, 5.41) is 0. The Balaban J connectivity index is 1.57. The lowest BCUT2D eigenvalue weighted by molar-refractivity contribution is -0.145. The Kier molecular flexibility index (Phi) is 8.24. The molecule has 0 unspecified atom stereocenters. The van der Waals surface area contributed by atoms with Gasteiger partial charge < -0.3 is 15.2 Å². The fourth-order valence-electron chi connectivity index (χ4n) is 4.03. The summed E-state index contributed by atoms with van der Waals surface area (Å²) in [6.45, 7) is 0.169. The molecule has 0 bridgehead atoms. The fraction of sp³-hybridized carbons (Fsp3) is 0.167. The highest BCUT2D eigenvalue weighted by Gasteiger charge is 2.38. The third-order valence-corrected chi connectivity index (χ3v) is 7.53. The minimum atomic E-state index is -0.770. The smallest absolute Gasteiger partial charge is 0.324 e. The van der Waals surface area contributed by atoms with Gasteiger partial charge in [0.25, 0.3) is 0 Å². The van der Waals surface area contributed by atoms with E-state index in [9.17, 15) is 4.79 Å². The minimum Gasteiger partial charge on any atom is -0.497 e. The van der Waals surface area contributed by atoms with Crippen LogP contribution >= 0.6 is 11.8 Å². The Morgan fingerprint density at radius 1 is 0.771 bits per heavy atom. The zero-order valence-corrected chi connectivity index (χ0v) is 20.5. The highest BCUT2D eigenvalue weighted by molar-refractivity contribution is 8.00. The molecule has 2 N–H and O–H groups in total. The molecule has 0 aromatic heterocycles. The second-order valence-electron chi connectivity index (χ2n) is 8.15. The van der Waals surface area contributed by atoms with E-state index in [2.05, 4.69) is 36.4 Å². The number of carbonyl (C=O) groups excluding carboxylic acids is 1. The maximum Gasteiger partial charge on any atom is 0.324 e. The van der Waals surface area contributed by atoms with Crippen LogP contribution in [0.1, 0.15) is 22.3 Å². The SMILES string of the molecule is COc1ccc(COC(=O)[C@@H](N)CSC(c2ccccc2)(c2ccccc2)c2ccccc2)cc1. The van der Waals surface area contributed by atoms with Gasteiger partial charge in [-0.3, -0.25) is 4.79 Å². The largest absolute Gasteiger partial charge is 0.497 e. The first kappa shape index (κ1) is 24.6. The van der Waals surface area contributed by atoms with Gasteiger partial charge in [0, 0.05) is 5.75 Å². The van der Waals surface area contributed by atoms with E-state index in [0.717, 1.165) is 28.0 Å². The van der Waals surface area contributed by atoms with Crippen molar-refractivity contribution in [2.75, 3.05) is 12.9 Å². The number of carbonyl (C=O) groups is 1. The van der Waals surface area contributed by atoms with E-state index < -0.39 is 16.8 Å². The predicted octanol–water partition coefficient (Wildman–Crippen LogP) is 5.79. The first-order valence-electron chi connectivity index (χ1n) is 11.5. The summed E-state index contributed by atoms with van der Waals surface area (Å²) in [6.07, 6.45) is 0. The number of hydrogen-bond acceptors (Lipinski definition) is 5. The Hall–Kier alpha value is -3.54. The van der Waals surface area contributed by atoms with Crippen LogP contribution in [0.15, 0.2) is 115 Å². The second-order valence-corrected chi connectivity index (χ2v) is 9.39. The number of thioether (sulfide) groups is 1. The van der Waals surface area contributed by atoms with E-state index in [1.54, 1.807) is 18.9 Å². The maximum atomic E-state index is 12.8. The summed E-state index contributed by atoms with van der Waals surface area (Å²) in [7, 11) is 1.62. The van der Waals surface area contributed by atoms with Gasteiger partial charge in [0.05, 0.1) is 11.9 Å². The zero-order chi connectivity index (χ0) is 24.5. The number of hydrogen-bond donors (Lipinski definition) is 1. The fourth-order valence-corrected chi connectivity index (χ4v) is 5.51. The normalized spacial score (nSPS) is 12.1. The van der Waals surface area contributed by atoms with Crippen LogP contribution in [0.4, 0.5) is 0 Å². The zero-order valence-electron chi connectivity index (χ0n) is 19.7. The minimum absolute atomic E-state index is 0.169. The number of methoxy groups -OCH3 is 1. The Morgan fingerprint density at radius 3 is 1.66 bits per heavy atom. The van der Waals surface area contributed by atoms with Crippen molar-refractivity contribution in [1.29, 1.82) is 0 Å². The maximum absolute atomic E-state index is 12.8. The molecular weight excluding hydrogens is 454 g/mol. The molecule has 0 amide bonds. The number of esters is 1. The van der Waals surface area contributed by atoms with Crippen LogP contribution in [0.5, 0.6) is 5.75 Å². The van der Waals surface area contributed by atoms with Crippen molar-refractivity contribution >= 4 is 17.7 Å². The molecule has 0 heterocycles. The third kappa shape index (κ3) is 5.76. The van der Waals surface area contributed by atoms with E-state index in [1.165, 1.54) is 0 Å². The lowest BCUT2D eigenvalue weighted by atomic mass is 9.84. The van der Waals surface area contributed by atoms with Crippen molar-refractivity contribution in [3.63, 3.8) is 0 Å². The Morgan fingerprint density at radius 2 is 1.23 bits per heavy atom. The third-order valence-electron chi connectivity index (χ3n) is 5.86. The van der Waals surface area contributed by atoms with Gasteiger partial charge in [-0.2, -0.15) is 0 Å². The van der Waals surface area contributed by atoms with Gasteiger partial charge >= 0.3 is 5.97 Å². The van der Waals surface area contributed by atoms with E-state index in [-0.39, 0.29) is 6.61 Å². The molecule has 1 atom stereocenters. The molecule has 0 aliphatic rings. The van der Waals surface area contributed by atoms with E-state index >= 15 is 0 Å². The van der Waals surface area contributed by atoms with E-state index in [0.29, 0.717) is 5.75 Å². The van der Waals surface area contributed by atoms with Crippen molar-refractivity contribution < 1.29 is 14.3 Å². The average Bonchev–Trinajstić information content (AvgIpc) is 2.94. The number of nitrogens with two attached hydrogens (primary N) is 1. The number of benzene rings is 4. The molecule has 0 aliphatic heterocycles. The molecule has 35 heavy (non-hydrogen) atoms. The molecule has 0 spiro atoms. The molecule has 0 saturated carbocycles. The van der Waals surface area contributed by atoms with Gasteiger partial charge in [-0.05, 0) is 34.4 Å². The molecule has 4 aromatic carbocycles. The van der Waals surface area contributed by atoms with Crippen LogP contribution in [0.3, 0.4) is 0 Å². The van der Waals surface area contributed by atoms with Crippen LogP contribution < -0.4 is 10.5 Å². The highest BCUT2D eigenvalue weighted by atomic mass is 32.2. The quantitative estimate of drug-likeness (QED) is 0.228. The second kappa shape index (κ2) is 11.7. The van der Waals surface area contributed by atoms with Gasteiger partial charge in [-0.15, -0.1) is 11.8 Å². The lowest BCUT2D eigenvalue weighted by Crippen LogP contribution is -2.37. The number of rotatable bonds is 10. The molecule has 4 aromatic rings. The molecule has 178 valence electrons. The summed E-state index contributed by atoms with van der Waals surface area (Å²) < 4.78 is 10.2. The van der Waals surface area contributed by atoms with Crippen molar-refractivity contribution in [2.24, 2.45) is 5.73 Å². The van der Waals surface area contributed by atoms with E-state index in [4.69, 9.17) is 15.2 Å². The molecule has 4 rings (SSSR count). The van der Waals surface area contributed by atoms with Crippen LogP contribution in [0, 0.1) is 0 Å². The number of ether oxygens (including phenoxy) is 2. The Labute approximate surface area is 211 Å². The van der Waals surface area contributed by atoms with Crippen LogP contribution in [0.2, 0.25) is 0 Å². The van der Waals surface area contributed by atoms with Gasteiger partial charge in [-0.25, -0.2) is 0 Å². The van der Waals surface area contributed by atoms with Crippen LogP contribution in [-0.4, -0.2) is 24.9 Å². The van der Waals surface area contributed by atoms with E-state index in [1.807, 2.05) is 78.9 Å². The summed E-state index contributed by atoms with van der Waals surface area (Å²) in [5.74, 6) is 0.726. The first-order valence-corrected chi connectivity index (χ1v) is 12.5. The monoisotopic (exact) mass is 483 g/mol. The standard InChI is InChI=1S/C30H29NO3S/c1-33-27-19-17-23(18-20-27)21-34-29(32)28(31)22-35-30(24-11-5-2-6-12-24,25-13-7-3-8-14-25)26-15-9-4-10-16-26/h2-20,28H,21-22,31H2,1H3/t28-/m0/s1. The molecular formula is C30H29NO3S. The summed E-state index contributed by atoms with van der Waals surface area (Å²) >= 11 is 1.65. The van der Waals surface area contributed by atoms with Gasteiger partial charge in [-0.1, -0.05) is 103 Å². The van der Waals surface area contributed by atoms with Crippen molar-refractivity contribution in [2.45, 2.75) is 17.4 Å². The lowest BCUT2D eigenvalue weighted by Gasteiger charge is -2.36. The molecule has 5 heteroatoms. The molecule has 4 nitrogen and oxygen atoms in total. The topological polar surface area (TPSA) is 61.5 Å². The Bertz CT molecular complexity index is 1100. The summed E-state index contributed by atoms with van der Waals surface area (Å²) in [6, 6.07) is 37.7. The molecule has 0 saturated heterocycles. The van der Waals surface area contributed by atoms with Gasteiger partial charge in [0.1, 0.15) is 18.4 Å². The van der Waals surface area contributed by atoms with Crippen molar-refractivity contribution in [1.82, 2.24) is 0 Å².